The van der Waals surface area contributed by atoms with Crippen LogP contribution in [-0.4, -0.2) is 41.3 Å². The first kappa shape index (κ1) is 25.2. The molecule has 0 bridgehead atoms. The van der Waals surface area contributed by atoms with Crippen LogP contribution in [0.2, 0.25) is 0 Å². The van der Waals surface area contributed by atoms with E-state index in [0.717, 1.165) is 38.5 Å². The SMILES string of the molecule is C/C(CCC(=O)O)=C1/CCC2C3C(CCC12C)C1(C)CCC2(C[C@@H]1C[C@H]3O)OCCO2.CC. The standard InChI is InChI=1S/C26H40O5.C2H6/c1-16(4-7-22(28)29)18-5-6-19-23-20(8-9-25(18,19)3)24(2)10-11-26(30-12-13-31-26)15-17(24)14-21(23)27;1-2/h17,19-21,23,27H,4-15H2,1-3H3,(H,28,29);1-2H3/b18-16+;/t17-,19?,20?,21+,23?,24?,25?;/m0./s1. The molecule has 5 fully saturated rings. The van der Waals surface area contributed by atoms with Crippen LogP contribution in [-0.2, 0) is 14.3 Å². The van der Waals surface area contributed by atoms with E-state index in [1.165, 1.54) is 24.0 Å². The van der Waals surface area contributed by atoms with Gasteiger partial charge in [-0.2, -0.15) is 0 Å². The van der Waals surface area contributed by atoms with Crippen molar-refractivity contribution in [2.75, 3.05) is 13.2 Å². The van der Waals surface area contributed by atoms with Crippen LogP contribution < -0.4 is 0 Å². The van der Waals surface area contributed by atoms with Gasteiger partial charge in [0.2, 0.25) is 0 Å². The Morgan fingerprint density at radius 2 is 1.73 bits per heavy atom. The van der Waals surface area contributed by atoms with Crippen LogP contribution in [0.4, 0.5) is 0 Å². The summed E-state index contributed by atoms with van der Waals surface area (Å²) < 4.78 is 12.1. The van der Waals surface area contributed by atoms with Crippen LogP contribution in [0.3, 0.4) is 0 Å². The predicted molar refractivity (Wildman–Crippen MR) is 129 cm³/mol. The highest BCUT2D eigenvalue weighted by Gasteiger charge is 2.63. The fourth-order valence-corrected chi connectivity index (χ4v) is 8.88. The minimum absolute atomic E-state index is 0.126. The lowest BCUT2D eigenvalue weighted by Gasteiger charge is -2.62. The first-order valence-corrected chi connectivity index (χ1v) is 13.6. The van der Waals surface area contributed by atoms with Crippen LogP contribution >= 0.6 is 0 Å². The average molecular weight is 463 g/mol. The third-order valence-electron chi connectivity index (χ3n) is 10.5. The zero-order valence-corrected chi connectivity index (χ0v) is 21.5. The summed E-state index contributed by atoms with van der Waals surface area (Å²) in [6.07, 6.45) is 9.12. The van der Waals surface area contributed by atoms with Gasteiger partial charge in [-0.3, -0.25) is 4.79 Å². The van der Waals surface area contributed by atoms with E-state index in [1.807, 2.05) is 13.8 Å². The number of allylic oxidation sites excluding steroid dienone is 2. The molecular weight excluding hydrogens is 416 g/mol. The Hall–Kier alpha value is -0.910. The number of rotatable bonds is 3. The molecule has 7 atom stereocenters. The van der Waals surface area contributed by atoms with Crippen molar-refractivity contribution >= 4 is 5.97 Å². The molecule has 33 heavy (non-hydrogen) atoms. The maximum Gasteiger partial charge on any atom is 0.303 e. The molecule has 5 nitrogen and oxygen atoms in total. The van der Waals surface area contributed by atoms with Crippen molar-refractivity contribution in [1.29, 1.82) is 0 Å². The van der Waals surface area contributed by atoms with E-state index in [4.69, 9.17) is 14.6 Å². The van der Waals surface area contributed by atoms with E-state index in [-0.39, 0.29) is 29.1 Å². The number of carbonyl (C=O) groups is 1. The first-order chi connectivity index (χ1) is 15.7. The van der Waals surface area contributed by atoms with Gasteiger partial charge in [0.25, 0.3) is 0 Å². The summed E-state index contributed by atoms with van der Waals surface area (Å²) in [4.78, 5) is 11.1. The van der Waals surface area contributed by atoms with Crippen LogP contribution in [0.5, 0.6) is 0 Å². The van der Waals surface area contributed by atoms with Crippen molar-refractivity contribution in [3.05, 3.63) is 11.1 Å². The molecule has 0 aromatic carbocycles. The lowest BCUT2D eigenvalue weighted by Crippen LogP contribution is -2.59. The number of fused-ring (bicyclic) bond motifs is 5. The second-order valence-corrected chi connectivity index (χ2v) is 11.8. The molecule has 1 aliphatic heterocycles. The quantitative estimate of drug-likeness (QED) is 0.507. The second kappa shape index (κ2) is 9.28. The number of carboxylic acid groups (broad SMARTS) is 1. The van der Waals surface area contributed by atoms with E-state index >= 15 is 0 Å². The van der Waals surface area contributed by atoms with Gasteiger partial charge < -0.3 is 19.7 Å². The Bertz CT molecular complexity index is 768. The predicted octanol–water partition coefficient (Wildman–Crippen LogP) is 5.95. The van der Waals surface area contributed by atoms with Gasteiger partial charge >= 0.3 is 5.97 Å². The zero-order valence-electron chi connectivity index (χ0n) is 21.5. The summed E-state index contributed by atoms with van der Waals surface area (Å²) in [5.41, 5.74) is 3.18. The average Bonchev–Trinajstić information content (AvgIpc) is 3.39. The van der Waals surface area contributed by atoms with Crippen molar-refractivity contribution in [2.24, 2.45) is 34.5 Å². The number of aliphatic hydroxyl groups is 1. The third-order valence-corrected chi connectivity index (χ3v) is 10.5. The lowest BCUT2D eigenvalue weighted by molar-refractivity contribution is -0.240. The molecule has 5 rings (SSSR count). The van der Waals surface area contributed by atoms with Gasteiger partial charge in [0.05, 0.1) is 19.3 Å². The zero-order chi connectivity index (χ0) is 24.0. The van der Waals surface area contributed by atoms with Crippen molar-refractivity contribution in [1.82, 2.24) is 0 Å². The molecule has 188 valence electrons. The number of hydrogen-bond donors (Lipinski definition) is 2. The molecule has 5 heteroatoms. The molecule has 0 aromatic heterocycles. The number of ether oxygens (including phenoxy) is 2. The molecule has 0 aromatic rings. The van der Waals surface area contributed by atoms with Gasteiger partial charge in [-0.25, -0.2) is 0 Å². The third kappa shape index (κ3) is 4.10. The Labute approximate surface area is 200 Å². The van der Waals surface area contributed by atoms with Crippen molar-refractivity contribution in [3.8, 4) is 0 Å². The number of aliphatic hydroxyl groups excluding tert-OH is 1. The van der Waals surface area contributed by atoms with Crippen LogP contribution in [0.25, 0.3) is 0 Å². The molecule has 4 aliphatic carbocycles. The minimum Gasteiger partial charge on any atom is -0.481 e. The summed E-state index contributed by atoms with van der Waals surface area (Å²) in [5.74, 6) is 0.818. The Kier molecular flexibility index (Phi) is 7.08. The fraction of sp³-hybridized carbons (Fsp3) is 0.893. The topological polar surface area (TPSA) is 76.0 Å². The summed E-state index contributed by atoms with van der Waals surface area (Å²) in [7, 11) is 0. The fourth-order valence-electron chi connectivity index (χ4n) is 8.88. The van der Waals surface area contributed by atoms with Crippen LogP contribution in [0.1, 0.15) is 98.8 Å². The molecule has 5 aliphatic rings. The molecule has 0 radical (unpaired) electrons. The largest absolute Gasteiger partial charge is 0.481 e. The smallest absolute Gasteiger partial charge is 0.303 e. The summed E-state index contributed by atoms with van der Waals surface area (Å²) in [6.45, 7) is 12.5. The Morgan fingerprint density at radius 3 is 2.39 bits per heavy atom. The highest BCUT2D eigenvalue weighted by Crippen LogP contribution is 2.68. The maximum atomic E-state index is 11.5. The van der Waals surface area contributed by atoms with Gasteiger partial charge in [-0.05, 0) is 86.4 Å². The molecule has 2 N–H and O–H groups in total. The minimum atomic E-state index is -0.713. The molecule has 1 spiro atoms. The molecule has 4 saturated carbocycles. The molecule has 5 unspecified atom stereocenters. The van der Waals surface area contributed by atoms with Gasteiger partial charge in [-0.15, -0.1) is 0 Å². The van der Waals surface area contributed by atoms with Gasteiger partial charge in [0.1, 0.15) is 0 Å². The van der Waals surface area contributed by atoms with Crippen LogP contribution in [0, 0.1) is 34.5 Å². The highest BCUT2D eigenvalue weighted by molar-refractivity contribution is 5.67. The van der Waals surface area contributed by atoms with E-state index in [1.54, 1.807) is 0 Å². The Morgan fingerprint density at radius 1 is 1.03 bits per heavy atom. The summed E-state index contributed by atoms with van der Waals surface area (Å²) in [6, 6.07) is 0. The number of hydrogen-bond acceptors (Lipinski definition) is 4. The first-order valence-electron chi connectivity index (χ1n) is 13.6. The molecule has 1 heterocycles. The number of carboxylic acids is 1. The van der Waals surface area contributed by atoms with Crippen molar-refractivity contribution in [3.63, 3.8) is 0 Å². The van der Waals surface area contributed by atoms with E-state index in [2.05, 4.69) is 20.8 Å². The van der Waals surface area contributed by atoms with Crippen molar-refractivity contribution in [2.45, 2.75) is 111 Å². The maximum absolute atomic E-state index is 11.5. The van der Waals surface area contributed by atoms with Gasteiger partial charge in [-0.1, -0.05) is 38.8 Å². The van der Waals surface area contributed by atoms with Gasteiger partial charge in [0, 0.05) is 19.3 Å². The molecule has 0 amide bonds. The van der Waals surface area contributed by atoms with Crippen molar-refractivity contribution < 1.29 is 24.5 Å². The van der Waals surface area contributed by atoms with Gasteiger partial charge in [0.15, 0.2) is 5.79 Å². The second-order valence-electron chi connectivity index (χ2n) is 11.8. The Balaban J connectivity index is 0.00000126. The van der Waals surface area contributed by atoms with Crippen LogP contribution in [0.15, 0.2) is 11.1 Å². The van der Waals surface area contributed by atoms with E-state index < -0.39 is 5.97 Å². The van der Waals surface area contributed by atoms with E-state index in [9.17, 15) is 9.90 Å². The highest BCUT2D eigenvalue weighted by atomic mass is 16.7. The monoisotopic (exact) mass is 462 g/mol. The molecule has 1 saturated heterocycles. The molecular formula is C28H46O5. The lowest BCUT2D eigenvalue weighted by atomic mass is 9.44. The normalized spacial score (nSPS) is 44.8. The number of aliphatic carboxylic acids is 1. The summed E-state index contributed by atoms with van der Waals surface area (Å²) >= 11 is 0. The summed E-state index contributed by atoms with van der Waals surface area (Å²) in [5, 5.41) is 20.6. The van der Waals surface area contributed by atoms with E-state index in [0.29, 0.717) is 43.3 Å².